The third-order valence-corrected chi connectivity index (χ3v) is 4.80. The second-order valence-corrected chi connectivity index (χ2v) is 6.80. The van der Waals surface area contributed by atoms with E-state index >= 15 is 0 Å². The first-order chi connectivity index (χ1) is 8.39. The van der Waals surface area contributed by atoms with Crippen LogP contribution in [0.5, 0.6) is 0 Å². The lowest BCUT2D eigenvalue weighted by molar-refractivity contribution is -0.139. The highest BCUT2D eigenvalue weighted by Gasteiger charge is 2.31. The van der Waals surface area contributed by atoms with Crippen molar-refractivity contribution in [1.29, 1.82) is 0 Å². The van der Waals surface area contributed by atoms with Gasteiger partial charge in [0.25, 0.3) is 5.91 Å². The van der Waals surface area contributed by atoms with E-state index in [1.165, 1.54) is 0 Å². The topological polar surface area (TPSA) is 92.3 Å². The molecule has 0 saturated carbocycles. The molecule has 0 aromatic rings. The highest BCUT2D eigenvalue weighted by Crippen LogP contribution is 2.11. The lowest BCUT2D eigenvalue weighted by Gasteiger charge is -2.15. The van der Waals surface area contributed by atoms with Gasteiger partial charge in [-0.1, -0.05) is 13.3 Å². The summed E-state index contributed by atoms with van der Waals surface area (Å²) in [6.45, 7) is 1.93. The second-order valence-electron chi connectivity index (χ2n) is 4.57. The fourth-order valence-electron chi connectivity index (χ4n) is 2.02. The number of likely N-dealkylation sites (N-methyl/N-ethyl adjacent to an activating group) is 1. The van der Waals surface area contributed by atoms with Gasteiger partial charge in [-0.25, -0.2) is 8.42 Å². The molecule has 1 aliphatic heterocycles. The van der Waals surface area contributed by atoms with Crippen molar-refractivity contribution < 1.29 is 18.0 Å². The van der Waals surface area contributed by atoms with Crippen LogP contribution in [0.15, 0.2) is 0 Å². The van der Waals surface area contributed by atoms with Crippen molar-refractivity contribution in [2.45, 2.75) is 38.3 Å². The summed E-state index contributed by atoms with van der Waals surface area (Å²) in [5.41, 5.74) is 0. The molecule has 0 spiro atoms. The average molecular weight is 276 g/mol. The van der Waals surface area contributed by atoms with Crippen LogP contribution in [0.25, 0.3) is 0 Å². The van der Waals surface area contributed by atoms with Crippen LogP contribution in [0.4, 0.5) is 0 Å². The van der Waals surface area contributed by atoms with Gasteiger partial charge in [-0.15, -0.1) is 0 Å². The summed E-state index contributed by atoms with van der Waals surface area (Å²) in [4.78, 5) is 23.5. The number of ketones is 1. The van der Waals surface area contributed by atoms with Gasteiger partial charge in [0.05, 0.1) is 17.5 Å². The summed E-state index contributed by atoms with van der Waals surface area (Å²) in [5, 5.41) is 5.30. The molecule has 0 aromatic carbocycles. The van der Waals surface area contributed by atoms with E-state index in [2.05, 4.69) is 10.6 Å². The molecule has 1 amide bonds. The number of hydrogen-bond donors (Lipinski definition) is 2. The Hall–Kier alpha value is -0.950. The quantitative estimate of drug-likeness (QED) is 0.623. The number of hydrogen-bond acceptors (Lipinski definition) is 5. The maximum Gasteiger partial charge on any atom is 0.289 e. The van der Waals surface area contributed by atoms with Gasteiger partial charge in [0.15, 0.2) is 9.84 Å². The van der Waals surface area contributed by atoms with Crippen LogP contribution in [0.1, 0.15) is 26.2 Å². The zero-order chi connectivity index (χ0) is 13.8. The number of rotatable bonds is 6. The molecule has 18 heavy (non-hydrogen) atoms. The van der Waals surface area contributed by atoms with Gasteiger partial charge in [0, 0.05) is 6.04 Å². The minimum Gasteiger partial charge on any atom is -0.346 e. The zero-order valence-corrected chi connectivity index (χ0v) is 11.5. The van der Waals surface area contributed by atoms with Gasteiger partial charge >= 0.3 is 0 Å². The lowest BCUT2D eigenvalue weighted by Crippen LogP contribution is -2.47. The number of carbonyl (C=O) groups excluding carboxylic acids is 2. The molecule has 1 heterocycles. The fraction of sp³-hybridized carbons (Fsp3) is 0.818. The summed E-state index contributed by atoms with van der Waals surface area (Å²) in [6, 6.07) is -0.918. The molecule has 104 valence electrons. The van der Waals surface area contributed by atoms with Gasteiger partial charge in [0.2, 0.25) is 5.78 Å². The Morgan fingerprint density at radius 1 is 1.39 bits per heavy atom. The Morgan fingerprint density at radius 2 is 2.06 bits per heavy atom. The molecular formula is C11H20N2O4S. The largest absolute Gasteiger partial charge is 0.346 e. The normalized spacial score (nSPS) is 23.6. The summed E-state index contributed by atoms with van der Waals surface area (Å²) in [7, 11) is -1.41. The highest BCUT2D eigenvalue weighted by molar-refractivity contribution is 7.91. The predicted octanol–water partition coefficient (Wildman–Crippen LogP) is -0.753. The van der Waals surface area contributed by atoms with Crippen molar-refractivity contribution in [3.05, 3.63) is 0 Å². The van der Waals surface area contributed by atoms with Gasteiger partial charge in [0.1, 0.15) is 0 Å². The summed E-state index contributed by atoms with van der Waals surface area (Å²) in [5.74, 6) is -1.20. The molecular weight excluding hydrogens is 256 g/mol. The molecule has 2 atom stereocenters. The van der Waals surface area contributed by atoms with E-state index in [0.29, 0.717) is 12.8 Å². The molecule has 0 bridgehead atoms. The van der Waals surface area contributed by atoms with Gasteiger partial charge in [-0.3, -0.25) is 9.59 Å². The van der Waals surface area contributed by atoms with Crippen molar-refractivity contribution in [1.82, 2.24) is 10.6 Å². The molecule has 2 N–H and O–H groups in total. The van der Waals surface area contributed by atoms with Crippen LogP contribution >= 0.6 is 0 Å². The van der Waals surface area contributed by atoms with Crippen molar-refractivity contribution in [2.75, 3.05) is 18.6 Å². The van der Waals surface area contributed by atoms with E-state index in [-0.39, 0.29) is 11.5 Å². The monoisotopic (exact) mass is 276 g/mol. The van der Waals surface area contributed by atoms with Crippen LogP contribution in [0.3, 0.4) is 0 Å². The van der Waals surface area contributed by atoms with Crippen molar-refractivity contribution in [2.24, 2.45) is 0 Å². The minimum absolute atomic E-state index is 0.0655. The lowest BCUT2D eigenvalue weighted by atomic mass is 10.1. The molecule has 0 aliphatic carbocycles. The Labute approximate surface area is 107 Å². The molecule has 0 radical (unpaired) electrons. The summed E-state index contributed by atoms with van der Waals surface area (Å²) in [6.07, 6.45) is 1.77. The minimum atomic E-state index is -3.04. The molecule has 7 heteroatoms. The SMILES string of the molecule is CCCC(NC)C(=O)C(=O)NC1CCS(=O)(=O)C1. The highest BCUT2D eigenvalue weighted by atomic mass is 32.2. The van der Waals surface area contributed by atoms with E-state index in [1.54, 1.807) is 7.05 Å². The van der Waals surface area contributed by atoms with Crippen molar-refractivity contribution in [3.8, 4) is 0 Å². The van der Waals surface area contributed by atoms with Crippen molar-refractivity contribution >= 4 is 21.5 Å². The number of carbonyl (C=O) groups is 2. The van der Waals surface area contributed by atoms with E-state index in [4.69, 9.17) is 0 Å². The Bertz CT molecular complexity index is 419. The Morgan fingerprint density at radius 3 is 2.50 bits per heavy atom. The molecule has 1 aliphatic rings. The first-order valence-corrected chi connectivity index (χ1v) is 7.94. The standard InChI is InChI=1S/C11H20N2O4S/c1-3-4-9(12-2)10(14)11(15)13-8-5-6-18(16,17)7-8/h8-9,12H,3-7H2,1-2H3,(H,13,15). The third kappa shape index (κ3) is 4.06. The van der Waals surface area contributed by atoms with Crippen LogP contribution in [0.2, 0.25) is 0 Å². The predicted molar refractivity (Wildman–Crippen MR) is 68.0 cm³/mol. The first kappa shape index (κ1) is 15.1. The van der Waals surface area contributed by atoms with E-state index in [1.807, 2.05) is 6.92 Å². The van der Waals surface area contributed by atoms with Crippen LogP contribution in [-0.2, 0) is 19.4 Å². The van der Waals surface area contributed by atoms with Gasteiger partial charge in [-0.2, -0.15) is 0 Å². The molecule has 0 aromatic heterocycles. The number of amides is 1. The zero-order valence-electron chi connectivity index (χ0n) is 10.7. The maximum absolute atomic E-state index is 11.8. The number of sulfone groups is 1. The van der Waals surface area contributed by atoms with Crippen LogP contribution in [-0.4, -0.2) is 50.7 Å². The Balaban J connectivity index is 2.52. The van der Waals surface area contributed by atoms with Crippen LogP contribution in [0, 0.1) is 0 Å². The average Bonchev–Trinajstić information content (AvgIpc) is 2.64. The molecule has 6 nitrogen and oxygen atoms in total. The number of nitrogens with one attached hydrogen (secondary N) is 2. The summed E-state index contributed by atoms with van der Waals surface area (Å²) >= 11 is 0. The number of Topliss-reactive ketones (excluding diaryl/α,β-unsaturated/α-hetero) is 1. The molecule has 1 rings (SSSR count). The summed E-state index contributed by atoms with van der Waals surface area (Å²) < 4.78 is 22.5. The van der Waals surface area contributed by atoms with E-state index < -0.39 is 33.6 Å². The van der Waals surface area contributed by atoms with Gasteiger partial charge < -0.3 is 10.6 Å². The maximum atomic E-state index is 11.8. The Kier molecular flexibility index (Phi) is 5.28. The second kappa shape index (κ2) is 6.29. The first-order valence-electron chi connectivity index (χ1n) is 6.12. The smallest absolute Gasteiger partial charge is 0.289 e. The molecule has 1 fully saturated rings. The van der Waals surface area contributed by atoms with Gasteiger partial charge in [-0.05, 0) is 19.9 Å². The molecule has 1 saturated heterocycles. The van der Waals surface area contributed by atoms with E-state index in [9.17, 15) is 18.0 Å². The molecule has 2 unspecified atom stereocenters. The van der Waals surface area contributed by atoms with Crippen molar-refractivity contribution in [3.63, 3.8) is 0 Å². The fourth-order valence-corrected chi connectivity index (χ4v) is 3.69. The van der Waals surface area contributed by atoms with E-state index in [0.717, 1.165) is 6.42 Å². The van der Waals surface area contributed by atoms with Crippen LogP contribution < -0.4 is 10.6 Å². The third-order valence-electron chi connectivity index (χ3n) is 3.03.